The highest BCUT2D eigenvalue weighted by Crippen LogP contribution is 2.30. The number of nitrogen functional groups attached to an aromatic ring is 1. The van der Waals surface area contributed by atoms with Crippen LogP contribution < -0.4 is 16.4 Å². The first-order valence-corrected chi connectivity index (χ1v) is 6.26. The molecule has 0 fully saturated rings. The highest BCUT2D eigenvalue weighted by Gasteiger charge is 2.21. The van der Waals surface area contributed by atoms with Crippen molar-refractivity contribution >= 4 is 11.6 Å². The molecule has 1 heterocycles. The number of nitrogens with two attached hydrogens (primary N) is 1. The number of anilines is 1. The van der Waals surface area contributed by atoms with Crippen LogP contribution in [0.15, 0.2) is 23.2 Å². The van der Waals surface area contributed by atoms with Gasteiger partial charge in [0.25, 0.3) is 0 Å². The highest BCUT2D eigenvalue weighted by molar-refractivity contribution is 5.81. The quantitative estimate of drug-likeness (QED) is 0.635. The molecule has 3 rings (SSSR count). The second-order valence-corrected chi connectivity index (χ2v) is 4.70. The summed E-state index contributed by atoms with van der Waals surface area (Å²) < 4.78 is 0. The zero-order chi connectivity index (χ0) is 11.7. The summed E-state index contributed by atoms with van der Waals surface area (Å²) in [4.78, 5) is 4.39. The molecule has 0 amide bonds. The van der Waals surface area contributed by atoms with Gasteiger partial charge in [-0.2, -0.15) is 0 Å². The van der Waals surface area contributed by atoms with E-state index >= 15 is 0 Å². The van der Waals surface area contributed by atoms with Gasteiger partial charge in [0.1, 0.15) is 0 Å². The minimum absolute atomic E-state index is 0.378. The third-order valence-electron chi connectivity index (χ3n) is 3.47. The maximum atomic E-state index is 5.83. The predicted molar refractivity (Wildman–Crippen MR) is 70.0 cm³/mol. The lowest BCUT2D eigenvalue weighted by atomic mass is 9.87. The Balaban J connectivity index is 1.83. The second-order valence-electron chi connectivity index (χ2n) is 4.70. The molecule has 2 aliphatic rings. The van der Waals surface area contributed by atoms with Crippen LogP contribution in [0.2, 0.25) is 0 Å². The summed E-state index contributed by atoms with van der Waals surface area (Å²) >= 11 is 0. The van der Waals surface area contributed by atoms with Gasteiger partial charge in [-0.3, -0.25) is 4.99 Å². The summed E-state index contributed by atoms with van der Waals surface area (Å²) in [5.74, 6) is 0.944. The number of nitrogens with one attached hydrogen (secondary N) is 2. The van der Waals surface area contributed by atoms with Gasteiger partial charge in [0.15, 0.2) is 5.96 Å². The molecule has 1 aliphatic heterocycles. The summed E-state index contributed by atoms with van der Waals surface area (Å²) in [6.07, 6.45) is 3.51. The summed E-state index contributed by atoms with van der Waals surface area (Å²) in [6, 6.07) is 6.62. The van der Waals surface area contributed by atoms with Crippen molar-refractivity contribution in [1.29, 1.82) is 0 Å². The van der Waals surface area contributed by atoms with Crippen LogP contribution in [-0.4, -0.2) is 19.0 Å². The number of nitrogens with zero attached hydrogens (tertiary/aromatic N) is 1. The van der Waals surface area contributed by atoms with Gasteiger partial charge in [0.05, 0.1) is 12.6 Å². The molecular formula is C13H18N4. The average molecular weight is 230 g/mol. The van der Waals surface area contributed by atoms with Crippen molar-refractivity contribution < 1.29 is 0 Å². The molecule has 1 aromatic rings. The topological polar surface area (TPSA) is 62.4 Å². The third-order valence-corrected chi connectivity index (χ3v) is 3.47. The van der Waals surface area contributed by atoms with E-state index in [2.05, 4.69) is 27.8 Å². The maximum absolute atomic E-state index is 5.83. The Kier molecular flexibility index (Phi) is 2.63. The summed E-state index contributed by atoms with van der Waals surface area (Å²) in [7, 11) is 0. The molecule has 0 aromatic heterocycles. The van der Waals surface area contributed by atoms with Gasteiger partial charge in [0.2, 0.25) is 0 Å². The molecule has 0 bridgehead atoms. The Labute approximate surface area is 101 Å². The van der Waals surface area contributed by atoms with E-state index in [0.717, 1.165) is 37.6 Å². The average Bonchev–Trinajstić information content (AvgIpc) is 2.82. The second kappa shape index (κ2) is 4.28. The van der Waals surface area contributed by atoms with Crippen LogP contribution >= 0.6 is 0 Å². The van der Waals surface area contributed by atoms with Gasteiger partial charge < -0.3 is 16.4 Å². The van der Waals surface area contributed by atoms with Crippen molar-refractivity contribution in [1.82, 2.24) is 10.6 Å². The minimum atomic E-state index is 0.378. The van der Waals surface area contributed by atoms with Gasteiger partial charge >= 0.3 is 0 Å². The molecule has 0 saturated heterocycles. The first-order valence-electron chi connectivity index (χ1n) is 6.26. The number of fused-ring (bicyclic) bond motifs is 1. The maximum Gasteiger partial charge on any atom is 0.191 e. The zero-order valence-corrected chi connectivity index (χ0v) is 9.87. The number of benzene rings is 1. The lowest BCUT2D eigenvalue weighted by molar-refractivity contribution is 0.523. The van der Waals surface area contributed by atoms with E-state index in [9.17, 15) is 0 Å². The Morgan fingerprint density at radius 3 is 3.18 bits per heavy atom. The number of rotatable bonds is 1. The standard InChI is InChI=1S/C13H18N4/c14-10-4-5-11-9(8-10)2-1-3-12(11)17-13-15-6-7-16-13/h4-5,8,12H,1-3,6-7,14H2,(H2,15,16,17). The van der Waals surface area contributed by atoms with Crippen molar-refractivity contribution in [3.05, 3.63) is 29.3 Å². The molecule has 1 atom stereocenters. The van der Waals surface area contributed by atoms with Crippen molar-refractivity contribution in [3.8, 4) is 0 Å². The zero-order valence-electron chi connectivity index (χ0n) is 9.87. The monoisotopic (exact) mass is 230 g/mol. The fraction of sp³-hybridized carbons (Fsp3) is 0.462. The van der Waals surface area contributed by atoms with E-state index in [0.29, 0.717) is 6.04 Å². The number of aryl methyl sites for hydroxylation is 1. The number of aliphatic imine (C=N–C) groups is 1. The Bertz CT molecular complexity index is 453. The molecule has 0 spiro atoms. The SMILES string of the molecule is Nc1ccc2c(c1)CCCC2NC1=NCCN1. The van der Waals surface area contributed by atoms with Gasteiger partial charge in [0, 0.05) is 12.2 Å². The number of hydrogen-bond donors (Lipinski definition) is 3. The van der Waals surface area contributed by atoms with E-state index in [1.165, 1.54) is 17.5 Å². The Hall–Kier alpha value is -1.71. The molecule has 4 nitrogen and oxygen atoms in total. The smallest absolute Gasteiger partial charge is 0.191 e. The van der Waals surface area contributed by atoms with Crippen LogP contribution in [-0.2, 0) is 6.42 Å². The fourth-order valence-corrected chi connectivity index (χ4v) is 2.64. The first-order chi connectivity index (χ1) is 8.33. The fourth-order valence-electron chi connectivity index (χ4n) is 2.64. The molecule has 0 saturated carbocycles. The van der Waals surface area contributed by atoms with Crippen LogP contribution in [0, 0.1) is 0 Å². The molecule has 4 heteroatoms. The van der Waals surface area contributed by atoms with Crippen molar-refractivity contribution in [3.63, 3.8) is 0 Å². The van der Waals surface area contributed by atoms with Crippen LogP contribution in [0.3, 0.4) is 0 Å². The normalized spacial score (nSPS) is 22.6. The predicted octanol–water partition coefficient (Wildman–Crippen LogP) is 1.19. The molecule has 0 radical (unpaired) electrons. The largest absolute Gasteiger partial charge is 0.399 e. The minimum Gasteiger partial charge on any atom is -0.399 e. The van der Waals surface area contributed by atoms with E-state index in [1.54, 1.807) is 0 Å². The molecule has 17 heavy (non-hydrogen) atoms. The van der Waals surface area contributed by atoms with Gasteiger partial charge in [-0.05, 0) is 42.5 Å². The summed E-state index contributed by atoms with van der Waals surface area (Å²) in [6.45, 7) is 1.83. The first kappa shape index (κ1) is 10.4. The summed E-state index contributed by atoms with van der Waals surface area (Å²) in [5, 5.41) is 6.75. The molecule has 1 unspecified atom stereocenters. The Morgan fingerprint density at radius 1 is 1.41 bits per heavy atom. The van der Waals surface area contributed by atoms with E-state index < -0.39 is 0 Å². The van der Waals surface area contributed by atoms with Crippen LogP contribution in [0.5, 0.6) is 0 Å². The van der Waals surface area contributed by atoms with Crippen LogP contribution in [0.4, 0.5) is 5.69 Å². The van der Waals surface area contributed by atoms with E-state index in [4.69, 9.17) is 5.73 Å². The molecule has 90 valence electrons. The van der Waals surface area contributed by atoms with Crippen molar-refractivity contribution in [2.75, 3.05) is 18.8 Å². The molecule has 1 aromatic carbocycles. The molecular weight excluding hydrogens is 212 g/mol. The number of guanidine groups is 1. The Morgan fingerprint density at radius 2 is 2.35 bits per heavy atom. The van der Waals surface area contributed by atoms with E-state index in [1.807, 2.05) is 6.07 Å². The van der Waals surface area contributed by atoms with Crippen molar-refractivity contribution in [2.45, 2.75) is 25.3 Å². The number of hydrogen-bond acceptors (Lipinski definition) is 4. The lowest BCUT2D eigenvalue weighted by Crippen LogP contribution is -2.37. The van der Waals surface area contributed by atoms with E-state index in [-0.39, 0.29) is 0 Å². The van der Waals surface area contributed by atoms with Gasteiger partial charge in [-0.1, -0.05) is 6.07 Å². The highest BCUT2D eigenvalue weighted by atomic mass is 15.2. The molecule has 4 N–H and O–H groups in total. The van der Waals surface area contributed by atoms with Gasteiger partial charge in [-0.25, -0.2) is 0 Å². The lowest BCUT2D eigenvalue weighted by Gasteiger charge is -2.27. The van der Waals surface area contributed by atoms with Gasteiger partial charge in [-0.15, -0.1) is 0 Å². The molecule has 1 aliphatic carbocycles. The summed E-state index contributed by atoms with van der Waals surface area (Å²) in [5.41, 5.74) is 9.45. The third kappa shape index (κ3) is 2.07. The van der Waals surface area contributed by atoms with Crippen molar-refractivity contribution in [2.24, 2.45) is 4.99 Å². The van der Waals surface area contributed by atoms with Crippen LogP contribution in [0.25, 0.3) is 0 Å². The van der Waals surface area contributed by atoms with Crippen LogP contribution in [0.1, 0.15) is 30.0 Å².